The molecule has 4 nitrogen and oxygen atoms in total. The molecule has 1 atom stereocenters. The van der Waals surface area contributed by atoms with Crippen molar-refractivity contribution in [1.82, 2.24) is 4.90 Å². The Kier molecular flexibility index (Phi) is 3.58. The Morgan fingerprint density at radius 2 is 2.12 bits per heavy atom. The molecule has 5 heteroatoms. The molecule has 1 N–H and O–H groups in total. The lowest BCUT2D eigenvalue weighted by Gasteiger charge is -2.20. The Balaban J connectivity index is 2.05. The van der Waals surface area contributed by atoms with Crippen LogP contribution < -0.4 is 0 Å². The van der Waals surface area contributed by atoms with Crippen molar-refractivity contribution < 1.29 is 19.0 Å². The van der Waals surface area contributed by atoms with Crippen molar-refractivity contribution in [2.45, 2.75) is 19.0 Å². The first-order valence-electron chi connectivity index (χ1n) is 5.49. The van der Waals surface area contributed by atoms with Crippen molar-refractivity contribution in [2.24, 2.45) is 0 Å². The van der Waals surface area contributed by atoms with E-state index in [1.165, 1.54) is 12.1 Å². The first kappa shape index (κ1) is 11.9. The van der Waals surface area contributed by atoms with Gasteiger partial charge in [0.05, 0.1) is 6.04 Å². The summed E-state index contributed by atoms with van der Waals surface area (Å²) in [6, 6.07) is 5.89. The number of aliphatic hydroxyl groups excluding tert-OH is 1. The quantitative estimate of drug-likeness (QED) is 0.866. The molecule has 1 heterocycles. The molecule has 0 bridgehead atoms. The van der Waals surface area contributed by atoms with Gasteiger partial charge in [0, 0.05) is 13.2 Å². The Bertz CT molecular complexity index is 393. The van der Waals surface area contributed by atoms with Gasteiger partial charge >= 0.3 is 6.09 Å². The van der Waals surface area contributed by atoms with E-state index in [9.17, 15) is 9.18 Å². The van der Waals surface area contributed by atoms with E-state index in [-0.39, 0.29) is 24.6 Å². The average molecular weight is 239 g/mol. The fourth-order valence-corrected chi connectivity index (χ4v) is 1.86. The van der Waals surface area contributed by atoms with E-state index in [2.05, 4.69) is 0 Å². The molecule has 0 saturated carbocycles. The number of hydrogen-bond acceptors (Lipinski definition) is 3. The van der Waals surface area contributed by atoms with Crippen molar-refractivity contribution in [1.29, 1.82) is 0 Å². The molecule has 1 aromatic carbocycles. The molecule has 0 aromatic heterocycles. The van der Waals surface area contributed by atoms with Crippen LogP contribution in [0.4, 0.5) is 9.18 Å². The molecule has 1 aromatic rings. The second-order valence-electron chi connectivity index (χ2n) is 4.00. The summed E-state index contributed by atoms with van der Waals surface area (Å²) in [4.78, 5) is 13.0. The summed E-state index contributed by atoms with van der Waals surface area (Å²) in [5.74, 6) is -0.301. The number of carbonyl (C=O) groups excluding carboxylic acids is 1. The molecular weight excluding hydrogens is 225 g/mol. The summed E-state index contributed by atoms with van der Waals surface area (Å²) in [6.07, 6.45) is 0.111. The van der Waals surface area contributed by atoms with Gasteiger partial charge in [-0.05, 0) is 24.1 Å². The third-order valence-corrected chi connectivity index (χ3v) is 2.80. The second-order valence-corrected chi connectivity index (χ2v) is 4.00. The molecule has 1 aliphatic heterocycles. The van der Waals surface area contributed by atoms with Crippen molar-refractivity contribution in [3.05, 3.63) is 35.6 Å². The van der Waals surface area contributed by atoms with Crippen LogP contribution in [0, 0.1) is 5.82 Å². The van der Waals surface area contributed by atoms with Crippen molar-refractivity contribution in [3.63, 3.8) is 0 Å². The van der Waals surface area contributed by atoms with Crippen molar-refractivity contribution in [2.75, 3.05) is 13.2 Å². The maximum atomic E-state index is 12.7. The van der Waals surface area contributed by atoms with Gasteiger partial charge in [-0.2, -0.15) is 0 Å². The van der Waals surface area contributed by atoms with E-state index < -0.39 is 0 Å². The van der Waals surface area contributed by atoms with Gasteiger partial charge in [0.15, 0.2) is 0 Å². The Hall–Kier alpha value is -1.62. The number of carbonyl (C=O) groups is 1. The normalized spacial score (nSPS) is 19.5. The van der Waals surface area contributed by atoms with Crippen LogP contribution in [0.5, 0.6) is 0 Å². The predicted octanol–water partition coefficient (Wildman–Crippen LogP) is 1.53. The van der Waals surface area contributed by atoms with Crippen molar-refractivity contribution >= 4 is 6.09 Å². The first-order chi connectivity index (χ1) is 8.20. The predicted molar refractivity (Wildman–Crippen MR) is 58.8 cm³/mol. The van der Waals surface area contributed by atoms with Gasteiger partial charge in [-0.1, -0.05) is 12.1 Å². The highest BCUT2D eigenvalue weighted by atomic mass is 19.1. The zero-order valence-corrected chi connectivity index (χ0v) is 9.30. The van der Waals surface area contributed by atoms with E-state index in [0.717, 1.165) is 5.56 Å². The van der Waals surface area contributed by atoms with Crippen LogP contribution in [0.15, 0.2) is 24.3 Å². The Labute approximate surface area is 98.6 Å². The van der Waals surface area contributed by atoms with Gasteiger partial charge in [-0.3, -0.25) is 4.90 Å². The molecule has 1 saturated heterocycles. The minimum atomic E-state index is -0.382. The zero-order chi connectivity index (χ0) is 12.3. The van der Waals surface area contributed by atoms with E-state index >= 15 is 0 Å². The molecule has 0 aliphatic carbocycles. The van der Waals surface area contributed by atoms with Crippen LogP contribution in [0.25, 0.3) is 0 Å². The van der Waals surface area contributed by atoms with Crippen LogP contribution in [0.3, 0.4) is 0 Å². The minimum Gasteiger partial charge on any atom is -0.447 e. The highest BCUT2D eigenvalue weighted by molar-refractivity contribution is 5.70. The lowest BCUT2D eigenvalue weighted by Crippen LogP contribution is -2.33. The maximum absolute atomic E-state index is 12.7. The number of hydrogen-bond donors (Lipinski definition) is 1. The van der Waals surface area contributed by atoms with Gasteiger partial charge in [0.1, 0.15) is 12.4 Å². The summed E-state index contributed by atoms with van der Waals surface area (Å²) in [6.45, 7) is 0.700. The summed E-state index contributed by atoms with van der Waals surface area (Å²) in [5, 5.41) is 8.89. The van der Waals surface area contributed by atoms with E-state index in [1.54, 1.807) is 17.0 Å². The molecule has 92 valence electrons. The first-order valence-corrected chi connectivity index (χ1v) is 5.49. The molecule has 17 heavy (non-hydrogen) atoms. The van der Waals surface area contributed by atoms with E-state index in [4.69, 9.17) is 9.84 Å². The Morgan fingerprint density at radius 1 is 1.41 bits per heavy atom. The molecule has 1 unspecified atom stereocenters. The molecule has 1 aliphatic rings. The number of amides is 1. The van der Waals surface area contributed by atoms with Crippen molar-refractivity contribution in [3.8, 4) is 0 Å². The van der Waals surface area contributed by atoms with Crippen LogP contribution in [-0.4, -0.2) is 35.4 Å². The second kappa shape index (κ2) is 5.14. The number of ether oxygens (including phenoxy) is 1. The van der Waals surface area contributed by atoms with Crippen LogP contribution in [-0.2, 0) is 11.3 Å². The fourth-order valence-electron chi connectivity index (χ4n) is 1.86. The van der Waals surface area contributed by atoms with Gasteiger partial charge in [-0.15, -0.1) is 0 Å². The number of cyclic esters (lactones) is 1. The van der Waals surface area contributed by atoms with E-state index in [1.807, 2.05) is 0 Å². The number of nitrogens with zero attached hydrogens (tertiary/aromatic N) is 1. The minimum absolute atomic E-state index is 0.0151. The number of rotatable bonds is 4. The third-order valence-electron chi connectivity index (χ3n) is 2.80. The van der Waals surface area contributed by atoms with Gasteiger partial charge in [-0.25, -0.2) is 9.18 Å². The van der Waals surface area contributed by atoms with Crippen LogP contribution in [0.1, 0.15) is 12.0 Å². The number of benzene rings is 1. The molecule has 0 spiro atoms. The molecule has 1 fully saturated rings. The largest absolute Gasteiger partial charge is 0.447 e. The van der Waals surface area contributed by atoms with Gasteiger partial charge < -0.3 is 9.84 Å². The highest BCUT2D eigenvalue weighted by Gasteiger charge is 2.32. The third kappa shape index (κ3) is 2.74. The monoisotopic (exact) mass is 239 g/mol. The molecule has 0 radical (unpaired) electrons. The van der Waals surface area contributed by atoms with Gasteiger partial charge in [0.25, 0.3) is 0 Å². The average Bonchev–Trinajstić information content (AvgIpc) is 2.65. The summed E-state index contributed by atoms with van der Waals surface area (Å²) in [7, 11) is 0. The highest BCUT2D eigenvalue weighted by Crippen LogP contribution is 2.18. The SMILES string of the molecule is O=C1OCC(CCO)N1Cc1ccc(F)cc1. The smallest absolute Gasteiger partial charge is 0.410 e. The topological polar surface area (TPSA) is 49.8 Å². The Morgan fingerprint density at radius 3 is 2.76 bits per heavy atom. The maximum Gasteiger partial charge on any atom is 0.410 e. The zero-order valence-electron chi connectivity index (χ0n) is 9.30. The lowest BCUT2D eigenvalue weighted by molar-refractivity contribution is 0.155. The number of halogens is 1. The molecule has 2 rings (SSSR count). The standard InChI is InChI=1S/C12H14FNO3/c13-10-3-1-9(2-4-10)7-14-11(5-6-15)8-17-12(14)16/h1-4,11,15H,5-8H2. The van der Waals surface area contributed by atoms with E-state index in [0.29, 0.717) is 19.6 Å². The molecule has 1 amide bonds. The van der Waals surface area contributed by atoms with Crippen LogP contribution >= 0.6 is 0 Å². The van der Waals surface area contributed by atoms with Crippen LogP contribution in [0.2, 0.25) is 0 Å². The summed E-state index contributed by atoms with van der Waals surface area (Å²) in [5.41, 5.74) is 0.841. The lowest BCUT2D eigenvalue weighted by atomic mass is 10.1. The summed E-state index contributed by atoms with van der Waals surface area (Å²) >= 11 is 0. The van der Waals surface area contributed by atoms with Gasteiger partial charge in [0.2, 0.25) is 0 Å². The number of aliphatic hydroxyl groups is 1. The molecular formula is C12H14FNO3. The fraction of sp³-hybridized carbons (Fsp3) is 0.417. The summed E-state index contributed by atoms with van der Waals surface area (Å²) < 4.78 is 17.7.